The van der Waals surface area contributed by atoms with Gasteiger partial charge in [-0.1, -0.05) is 11.6 Å². The number of rotatable bonds is 5. The van der Waals surface area contributed by atoms with Crippen molar-refractivity contribution in [1.29, 1.82) is 0 Å². The van der Waals surface area contributed by atoms with Crippen molar-refractivity contribution < 1.29 is 14.1 Å². The quantitative estimate of drug-likeness (QED) is 0.768. The smallest absolute Gasteiger partial charge is 0.293 e. The standard InChI is InChI=1S/C21H29N5O3/c1-24-13-16(12-22-24)20-19(14-25-7-3-2-4-8-25)28-10-9-26(20)21(27)18-11-17(23-29-18)15-5-6-15/h11-13,15,19-20H,2-10,14H2,1H3/t19-,20-/m0/s1. The monoisotopic (exact) mass is 399 g/mol. The van der Waals surface area contributed by atoms with Crippen molar-refractivity contribution >= 4 is 5.91 Å². The summed E-state index contributed by atoms with van der Waals surface area (Å²) in [6.07, 6.45) is 9.78. The number of likely N-dealkylation sites (tertiary alicyclic amines) is 1. The van der Waals surface area contributed by atoms with E-state index in [4.69, 9.17) is 9.26 Å². The van der Waals surface area contributed by atoms with Crippen LogP contribution in [0, 0.1) is 0 Å². The SMILES string of the molecule is Cn1cc([C@H]2[C@H](CN3CCCCC3)OCCN2C(=O)c2cc(C3CC3)no2)cn1. The van der Waals surface area contributed by atoms with E-state index in [-0.39, 0.29) is 18.1 Å². The second-order valence-electron chi connectivity index (χ2n) is 8.55. The van der Waals surface area contributed by atoms with Gasteiger partial charge in [-0.05, 0) is 38.8 Å². The van der Waals surface area contributed by atoms with Gasteiger partial charge >= 0.3 is 0 Å². The molecule has 0 bridgehead atoms. The molecule has 1 amide bonds. The summed E-state index contributed by atoms with van der Waals surface area (Å²) in [4.78, 5) is 17.7. The molecule has 4 heterocycles. The first-order valence-corrected chi connectivity index (χ1v) is 10.8. The largest absolute Gasteiger partial charge is 0.373 e. The molecule has 29 heavy (non-hydrogen) atoms. The molecule has 8 nitrogen and oxygen atoms in total. The Morgan fingerprint density at radius 1 is 1.21 bits per heavy atom. The number of ether oxygens (including phenoxy) is 1. The minimum absolute atomic E-state index is 0.0826. The summed E-state index contributed by atoms with van der Waals surface area (Å²) in [6, 6.07) is 1.65. The average molecular weight is 399 g/mol. The molecule has 2 aromatic rings. The number of hydrogen-bond acceptors (Lipinski definition) is 6. The number of morpholine rings is 1. The van der Waals surface area contributed by atoms with Crippen molar-refractivity contribution in [3.63, 3.8) is 0 Å². The Labute approximate surface area is 170 Å². The molecule has 8 heteroatoms. The molecular formula is C21H29N5O3. The third-order valence-corrected chi connectivity index (χ3v) is 6.30. The molecule has 0 unspecified atom stereocenters. The Kier molecular flexibility index (Phi) is 5.13. The van der Waals surface area contributed by atoms with Crippen LogP contribution < -0.4 is 0 Å². The van der Waals surface area contributed by atoms with E-state index >= 15 is 0 Å². The zero-order chi connectivity index (χ0) is 19.8. The Morgan fingerprint density at radius 2 is 2.03 bits per heavy atom. The van der Waals surface area contributed by atoms with Crippen molar-refractivity contribution in [1.82, 2.24) is 24.7 Å². The number of aryl methyl sites for hydroxylation is 1. The summed E-state index contributed by atoms with van der Waals surface area (Å²) in [6.45, 7) is 4.09. The van der Waals surface area contributed by atoms with Crippen molar-refractivity contribution in [3.8, 4) is 0 Å². The molecule has 2 aromatic heterocycles. The molecule has 0 N–H and O–H groups in total. The van der Waals surface area contributed by atoms with Crippen LogP contribution in [0.3, 0.4) is 0 Å². The minimum Gasteiger partial charge on any atom is -0.373 e. The maximum atomic E-state index is 13.4. The molecule has 5 rings (SSSR count). The number of aromatic nitrogens is 3. The lowest BCUT2D eigenvalue weighted by molar-refractivity contribution is -0.0749. The zero-order valence-corrected chi connectivity index (χ0v) is 17.0. The van der Waals surface area contributed by atoms with E-state index in [1.54, 1.807) is 4.68 Å². The molecule has 0 radical (unpaired) electrons. The van der Waals surface area contributed by atoms with Crippen LogP contribution in [0.5, 0.6) is 0 Å². The molecule has 1 aliphatic carbocycles. The highest BCUT2D eigenvalue weighted by molar-refractivity contribution is 5.92. The molecule has 3 fully saturated rings. The van der Waals surface area contributed by atoms with Crippen LogP contribution in [0.4, 0.5) is 0 Å². The van der Waals surface area contributed by atoms with E-state index in [9.17, 15) is 4.79 Å². The van der Waals surface area contributed by atoms with Crippen LogP contribution in [0.1, 0.15) is 65.9 Å². The van der Waals surface area contributed by atoms with Gasteiger partial charge in [0.15, 0.2) is 0 Å². The average Bonchev–Trinajstić information content (AvgIpc) is 3.31. The van der Waals surface area contributed by atoms with Crippen molar-refractivity contribution in [3.05, 3.63) is 35.5 Å². The van der Waals surface area contributed by atoms with Crippen LogP contribution in [-0.2, 0) is 11.8 Å². The number of amides is 1. The predicted molar refractivity (Wildman–Crippen MR) is 105 cm³/mol. The summed E-state index contributed by atoms with van der Waals surface area (Å²) in [5.74, 6) is 0.690. The summed E-state index contributed by atoms with van der Waals surface area (Å²) < 4.78 is 13.4. The van der Waals surface area contributed by atoms with Gasteiger partial charge in [0.05, 0.1) is 30.6 Å². The Balaban J connectivity index is 1.40. The van der Waals surface area contributed by atoms with Crippen LogP contribution in [0.25, 0.3) is 0 Å². The molecule has 2 saturated heterocycles. The van der Waals surface area contributed by atoms with Gasteiger partial charge in [0.1, 0.15) is 0 Å². The highest BCUT2D eigenvalue weighted by Crippen LogP contribution is 2.40. The number of piperidine rings is 1. The van der Waals surface area contributed by atoms with E-state index in [2.05, 4.69) is 15.2 Å². The lowest BCUT2D eigenvalue weighted by atomic mass is 9.99. The summed E-state index contributed by atoms with van der Waals surface area (Å²) in [7, 11) is 1.90. The highest BCUT2D eigenvalue weighted by Gasteiger charge is 2.40. The van der Waals surface area contributed by atoms with E-state index in [1.807, 2.05) is 30.4 Å². The lowest BCUT2D eigenvalue weighted by Crippen LogP contribution is -2.52. The van der Waals surface area contributed by atoms with E-state index < -0.39 is 0 Å². The van der Waals surface area contributed by atoms with Gasteiger partial charge in [-0.3, -0.25) is 9.48 Å². The van der Waals surface area contributed by atoms with Crippen molar-refractivity contribution in [2.24, 2.45) is 7.05 Å². The number of carbonyl (C=O) groups excluding carboxylic acids is 1. The van der Waals surface area contributed by atoms with E-state index in [0.29, 0.717) is 24.8 Å². The van der Waals surface area contributed by atoms with Gasteiger partial charge in [0.2, 0.25) is 5.76 Å². The molecule has 156 valence electrons. The number of nitrogens with zero attached hydrogens (tertiary/aromatic N) is 5. The van der Waals surface area contributed by atoms with Gasteiger partial charge in [-0.2, -0.15) is 5.10 Å². The van der Waals surface area contributed by atoms with Crippen LogP contribution >= 0.6 is 0 Å². The third kappa shape index (κ3) is 3.96. The fourth-order valence-corrected chi connectivity index (χ4v) is 4.60. The van der Waals surface area contributed by atoms with Crippen molar-refractivity contribution in [2.75, 3.05) is 32.8 Å². The molecular weight excluding hydrogens is 370 g/mol. The second-order valence-corrected chi connectivity index (χ2v) is 8.55. The topological polar surface area (TPSA) is 76.6 Å². The first-order valence-electron chi connectivity index (χ1n) is 10.8. The Hall–Kier alpha value is -2.19. The zero-order valence-electron chi connectivity index (χ0n) is 17.0. The second kappa shape index (κ2) is 7.91. The summed E-state index contributed by atoms with van der Waals surface area (Å²) in [5.41, 5.74) is 1.91. The Morgan fingerprint density at radius 3 is 2.76 bits per heavy atom. The number of carbonyl (C=O) groups is 1. The predicted octanol–water partition coefficient (Wildman–Crippen LogP) is 2.35. The van der Waals surface area contributed by atoms with Crippen LogP contribution in [0.2, 0.25) is 0 Å². The molecule has 0 aromatic carbocycles. The maximum Gasteiger partial charge on any atom is 0.293 e. The van der Waals surface area contributed by atoms with Gasteiger partial charge in [-0.25, -0.2) is 0 Å². The number of hydrogen-bond donors (Lipinski definition) is 0. The van der Waals surface area contributed by atoms with E-state index in [0.717, 1.165) is 43.7 Å². The molecule has 2 atom stereocenters. The fourth-order valence-electron chi connectivity index (χ4n) is 4.60. The van der Waals surface area contributed by atoms with Crippen molar-refractivity contribution in [2.45, 2.75) is 50.2 Å². The maximum absolute atomic E-state index is 13.4. The normalized spacial score (nSPS) is 26.0. The van der Waals surface area contributed by atoms with Gasteiger partial charge in [0, 0.05) is 43.9 Å². The van der Waals surface area contributed by atoms with Gasteiger partial charge < -0.3 is 19.1 Å². The minimum atomic E-state index is -0.179. The van der Waals surface area contributed by atoms with Gasteiger partial charge in [-0.15, -0.1) is 0 Å². The van der Waals surface area contributed by atoms with E-state index in [1.165, 1.54) is 19.3 Å². The molecule has 1 saturated carbocycles. The fraction of sp³-hybridized carbons (Fsp3) is 0.667. The summed E-state index contributed by atoms with van der Waals surface area (Å²) >= 11 is 0. The van der Waals surface area contributed by atoms with Gasteiger partial charge in [0.25, 0.3) is 5.91 Å². The highest BCUT2D eigenvalue weighted by atomic mass is 16.5. The summed E-state index contributed by atoms with van der Waals surface area (Å²) in [5, 5.41) is 8.48. The van der Waals surface area contributed by atoms with Crippen LogP contribution in [0.15, 0.2) is 23.0 Å². The third-order valence-electron chi connectivity index (χ3n) is 6.30. The Bertz CT molecular complexity index is 852. The first-order chi connectivity index (χ1) is 14.2. The molecule has 2 aliphatic heterocycles. The van der Waals surface area contributed by atoms with Crippen LogP contribution in [-0.4, -0.2) is 69.5 Å². The molecule has 0 spiro atoms. The lowest BCUT2D eigenvalue weighted by Gasteiger charge is -2.42. The molecule has 3 aliphatic rings. The first kappa shape index (κ1) is 18.8.